The van der Waals surface area contributed by atoms with Gasteiger partial charge in [0.2, 0.25) is 0 Å². The van der Waals surface area contributed by atoms with E-state index in [1.807, 2.05) is 0 Å². The van der Waals surface area contributed by atoms with E-state index in [4.69, 9.17) is 5.11 Å². The predicted octanol–water partition coefficient (Wildman–Crippen LogP) is 0.389. The van der Waals surface area contributed by atoms with Crippen molar-refractivity contribution in [2.75, 3.05) is 25.6 Å². The van der Waals surface area contributed by atoms with Gasteiger partial charge in [-0.2, -0.15) is 0 Å². The van der Waals surface area contributed by atoms with Crippen LogP contribution < -0.4 is 4.90 Å². The molecule has 0 atom stereocenters. The van der Waals surface area contributed by atoms with Crippen LogP contribution in [0.15, 0.2) is 18.3 Å². The average Bonchev–Trinajstić information content (AvgIpc) is 2.27. The van der Waals surface area contributed by atoms with E-state index in [1.165, 1.54) is 24.3 Å². The summed E-state index contributed by atoms with van der Waals surface area (Å²) in [5.74, 6) is -1.50. The Bertz CT molecular complexity index is 406. The van der Waals surface area contributed by atoms with E-state index in [0.29, 0.717) is 5.69 Å². The van der Waals surface area contributed by atoms with E-state index in [0.717, 1.165) is 0 Å². The van der Waals surface area contributed by atoms with Crippen molar-refractivity contribution in [2.45, 2.75) is 0 Å². The number of carboxylic acid groups (broad SMARTS) is 1. The average molecular weight is 224 g/mol. The van der Waals surface area contributed by atoms with Gasteiger partial charge in [0.1, 0.15) is 12.2 Å². The van der Waals surface area contributed by atoms with Gasteiger partial charge >= 0.3 is 11.9 Å². The van der Waals surface area contributed by atoms with E-state index in [9.17, 15) is 9.59 Å². The summed E-state index contributed by atoms with van der Waals surface area (Å²) in [6.45, 7) is -0.148. The molecule has 0 aliphatic rings. The number of hydrogen-bond donors (Lipinski definition) is 1. The number of pyridine rings is 1. The van der Waals surface area contributed by atoms with Crippen molar-refractivity contribution in [3.63, 3.8) is 0 Å². The second-order valence-corrected chi connectivity index (χ2v) is 3.14. The Hall–Kier alpha value is -2.11. The number of nitrogens with zero attached hydrogens (tertiary/aromatic N) is 2. The Labute approximate surface area is 92.5 Å². The lowest BCUT2D eigenvalue weighted by Crippen LogP contribution is -2.25. The quantitative estimate of drug-likeness (QED) is 0.745. The van der Waals surface area contributed by atoms with Crippen LogP contribution in [0.3, 0.4) is 0 Å². The molecule has 0 aliphatic carbocycles. The molecular weight excluding hydrogens is 212 g/mol. The first-order valence-electron chi connectivity index (χ1n) is 4.52. The van der Waals surface area contributed by atoms with Gasteiger partial charge in [0, 0.05) is 18.9 Å². The summed E-state index contributed by atoms with van der Waals surface area (Å²) in [6, 6.07) is 3.10. The van der Waals surface area contributed by atoms with E-state index in [1.54, 1.807) is 13.1 Å². The molecular formula is C10H12N2O4. The third kappa shape index (κ3) is 2.94. The van der Waals surface area contributed by atoms with Gasteiger partial charge in [-0.15, -0.1) is 0 Å². The Kier molecular flexibility index (Phi) is 3.82. The maximum absolute atomic E-state index is 11.2. The minimum atomic E-state index is -0.945. The Morgan fingerprint density at radius 2 is 2.25 bits per heavy atom. The summed E-state index contributed by atoms with van der Waals surface area (Å²) >= 11 is 0. The Morgan fingerprint density at radius 1 is 1.56 bits per heavy atom. The first-order valence-corrected chi connectivity index (χ1v) is 4.52. The molecule has 6 heteroatoms. The van der Waals surface area contributed by atoms with Gasteiger partial charge in [-0.1, -0.05) is 0 Å². The molecule has 0 radical (unpaired) electrons. The molecule has 0 aliphatic heterocycles. The van der Waals surface area contributed by atoms with Gasteiger partial charge in [-0.3, -0.25) is 4.79 Å². The van der Waals surface area contributed by atoms with Gasteiger partial charge in [0.05, 0.1) is 7.11 Å². The number of rotatable bonds is 4. The van der Waals surface area contributed by atoms with Crippen LogP contribution in [0.4, 0.5) is 5.69 Å². The highest BCUT2D eigenvalue weighted by atomic mass is 16.5. The van der Waals surface area contributed by atoms with Crippen LogP contribution >= 0.6 is 0 Å². The molecule has 1 aromatic rings. The summed E-state index contributed by atoms with van der Waals surface area (Å²) < 4.78 is 4.52. The molecule has 0 fully saturated rings. The van der Waals surface area contributed by atoms with Crippen LogP contribution in [-0.2, 0) is 9.53 Å². The van der Waals surface area contributed by atoms with Crippen LogP contribution in [-0.4, -0.2) is 42.7 Å². The van der Waals surface area contributed by atoms with Crippen molar-refractivity contribution in [3.05, 3.63) is 24.0 Å². The van der Waals surface area contributed by atoms with Crippen molar-refractivity contribution in [1.29, 1.82) is 0 Å². The maximum atomic E-state index is 11.2. The zero-order chi connectivity index (χ0) is 12.1. The SMILES string of the molecule is COC(=O)c1cc(N(C)CC(=O)O)ccn1. The highest BCUT2D eigenvalue weighted by Gasteiger charge is 2.11. The van der Waals surface area contributed by atoms with Crippen molar-refractivity contribution in [1.82, 2.24) is 4.98 Å². The first kappa shape index (κ1) is 12.0. The highest BCUT2D eigenvalue weighted by molar-refractivity contribution is 5.88. The van der Waals surface area contributed by atoms with Gasteiger partial charge < -0.3 is 14.7 Å². The second kappa shape index (κ2) is 5.11. The first-order chi connectivity index (χ1) is 7.54. The molecule has 0 spiro atoms. The van der Waals surface area contributed by atoms with Crippen LogP contribution in [0.1, 0.15) is 10.5 Å². The third-order valence-corrected chi connectivity index (χ3v) is 1.95. The Balaban J connectivity index is 2.89. The predicted molar refractivity (Wildman–Crippen MR) is 56.5 cm³/mol. The molecule has 0 bridgehead atoms. The van der Waals surface area contributed by atoms with E-state index >= 15 is 0 Å². The maximum Gasteiger partial charge on any atom is 0.356 e. The van der Waals surface area contributed by atoms with Crippen molar-refractivity contribution < 1.29 is 19.4 Å². The zero-order valence-corrected chi connectivity index (χ0v) is 9.01. The van der Waals surface area contributed by atoms with E-state index in [2.05, 4.69) is 9.72 Å². The number of anilines is 1. The van der Waals surface area contributed by atoms with Crippen LogP contribution in [0, 0.1) is 0 Å². The van der Waals surface area contributed by atoms with Crippen LogP contribution in [0.2, 0.25) is 0 Å². The number of methoxy groups -OCH3 is 1. The Morgan fingerprint density at radius 3 is 2.81 bits per heavy atom. The third-order valence-electron chi connectivity index (χ3n) is 1.95. The van der Waals surface area contributed by atoms with Crippen molar-refractivity contribution >= 4 is 17.6 Å². The molecule has 0 aromatic carbocycles. The molecule has 0 amide bonds. The summed E-state index contributed by atoms with van der Waals surface area (Å²) in [6.07, 6.45) is 1.43. The van der Waals surface area contributed by atoms with Gasteiger partial charge in [-0.25, -0.2) is 9.78 Å². The number of aliphatic carboxylic acids is 1. The zero-order valence-electron chi connectivity index (χ0n) is 9.01. The number of carbonyl (C=O) groups excluding carboxylic acids is 1. The molecule has 16 heavy (non-hydrogen) atoms. The summed E-state index contributed by atoms with van der Waals surface area (Å²) in [5.41, 5.74) is 0.745. The molecule has 86 valence electrons. The number of carboxylic acids is 1. The highest BCUT2D eigenvalue weighted by Crippen LogP contribution is 2.12. The van der Waals surface area contributed by atoms with Crippen molar-refractivity contribution in [2.24, 2.45) is 0 Å². The number of ether oxygens (including phenoxy) is 1. The monoisotopic (exact) mass is 224 g/mol. The van der Waals surface area contributed by atoms with Crippen molar-refractivity contribution in [3.8, 4) is 0 Å². The molecule has 0 saturated carbocycles. The number of aromatic nitrogens is 1. The topological polar surface area (TPSA) is 79.7 Å². The van der Waals surface area contributed by atoms with Crippen LogP contribution in [0.5, 0.6) is 0 Å². The minimum Gasteiger partial charge on any atom is -0.480 e. The summed E-state index contributed by atoms with van der Waals surface area (Å²) in [7, 11) is 2.88. The second-order valence-electron chi connectivity index (χ2n) is 3.14. The van der Waals surface area contributed by atoms with E-state index in [-0.39, 0.29) is 12.2 Å². The molecule has 1 aromatic heterocycles. The number of hydrogen-bond acceptors (Lipinski definition) is 5. The summed E-state index contributed by atoms with van der Waals surface area (Å²) in [4.78, 5) is 27.0. The molecule has 0 saturated heterocycles. The molecule has 0 unspecified atom stereocenters. The van der Waals surface area contributed by atoms with Crippen LogP contribution in [0.25, 0.3) is 0 Å². The number of carbonyl (C=O) groups is 2. The van der Waals surface area contributed by atoms with Gasteiger partial charge in [0.25, 0.3) is 0 Å². The molecule has 1 heterocycles. The number of esters is 1. The smallest absolute Gasteiger partial charge is 0.356 e. The lowest BCUT2D eigenvalue weighted by molar-refractivity contribution is -0.135. The standard InChI is InChI=1S/C10H12N2O4/c1-12(6-9(13)14)7-3-4-11-8(5-7)10(15)16-2/h3-5H,6H2,1-2H3,(H,13,14). The fourth-order valence-corrected chi connectivity index (χ4v) is 1.17. The van der Waals surface area contributed by atoms with E-state index < -0.39 is 11.9 Å². The van der Waals surface area contributed by atoms with Gasteiger partial charge in [0.15, 0.2) is 0 Å². The summed E-state index contributed by atoms with van der Waals surface area (Å²) in [5, 5.41) is 8.62. The number of likely N-dealkylation sites (N-methyl/N-ethyl adjacent to an activating group) is 1. The fraction of sp³-hybridized carbons (Fsp3) is 0.300. The van der Waals surface area contributed by atoms with Gasteiger partial charge in [-0.05, 0) is 12.1 Å². The molecule has 1 N–H and O–H groups in total. The molecule has 1 rings (SSSR count). The fourth-order valence-electron chi connectivity index (χ4n) is 1.17. The lowest BCUT2D eigenvalue weighted by Gasteiger charge is -2.16. The minimum absolute atomic E-state index is 0.148. The largest absolute Gasteiger partial charge is 0.480 e. The normalized spacial score (nSPS) is 9.62. The molecule has 6 nitrogen and oxygen atoms in total. The lowest BCUT2D eigenvalue weighted by atomic mass is 10.3.